The van der Waals surface area contributed by atoms with Crippen molar-refractivity contribution >= 4 is 0 Å². The molecule has 5 nitrogen and oxygen atoms in total. The number of hydrogen-bond acceptors (Lipinski definition) is 3. The lowest BCUT2D eigenvalue weighted by Gasteiger charge is -2.07. The van der Waals surface area contributed by atoms with Gasteiger partial charge in [0.05, 0.1) is 6.54 Å². The summed E-state index contributed by atoms with van der Waals surface area (Å²) < 4.78 is 9.18. The lowest BCUT2D eigenvalue weighted by atomic mass is 10.2. The normalized spacial score (nSPS) is 14.4. The zero-order valence-corrected chi connectivity index (χ0v) is 11.4. The van der Waals surface area contributed by atoms with Crippen LogP contribution in [0.15, 0.2) is 41.5 Å². The van der Waals surface area contributed by atoms with Gasteiger partial charge in [-0.05, 0) is 30.5 Å². The first-order valence-corrected chi connectivity index (χ1v) is 6.97. The largest absolute Gasteiger partial charge is 0.492 e. The van der Waals surface area contributed by atoms with Crippen LogP contribution in [-0.2, 0) is 13.1 Å². The van der Waals surface area contributed by atoms with Crippen molar-refractivity contribution in [2.75, 3.05) is 6.61 Å². The Kier molecular flexibility index (Phi) is 3.60. The second kappa shape index (κ2) is 5.54. The van der Waals surface area contributed by atoms with E-state index in [2.05, 4.69) is 0 Å². The molecule has 0 atom stereocenters. The number of aromatic nitrogens is 2. The zero-order chi connectivity index (χ0) is 13.9. The monoisotopic (exact) mass is 273 g/mol. The lowest BCUT2D eigenvalue weighted by Crippen LogP contribution is -2.25. The molecule has 0 radical (unpaired) electrons. The molecule has 1 aliphatic rings. The standard InChI is InChI=1S/C15H19N3O2/c16-11-12-2-1-3-14(10-12)20-9-8-17-6-7-18(15(17)19)13-4-5-13/h1-3,6-7,10,13H,4-5,8-9,11,16H2. The number of nitrogens with zero attached hydrogens (tertiary/aromatic N) is 2. The zero-order valence-electron chi connectivity index (χ0n) is 11.4. The summed E-state index contributed by atoms with van der Waals surface area (Å²) in [5, 5.41) is 0. The SMILES string of the molecule is NCc1cccc(OCCn2ccn(C3CC3)c2=O)c1. The van der Waals surface area contributed by atoms with Crippen LogP contribution in [0, 0.1) is 0 Å². The van der Waals surface area contributed by atoms with E-state index in [1.54, 1.807) is 4.57 Å². The fourth-order valence-electron chi connectivity index (χ4n) is 2.25. The molecule has 0 aliphatic heterocycles. The summed E-state index contributed by atoms with van der Waals surface area (Å²) in [4.78, 5) is 12.0. The highest BCUT2D eigenvalue weighted by Crippen LogP contribution is 2.33. The van der Waals surface area contributed by atoms with Gasteiger partial charge in [0.1, 0.15) is 12.4 Å². The van der Waals surface area contributed by atoms with Gasteiger partial charge in [-0.2, -0.15) is 0 Å². The van der Waals surface area contributed by atoms with E-state index in [9.17, 15) is 4.79 Å². The van der Waals surface area contributed by atoms with Crippen LogP contribution in [0.2, 0.25) is 0 Å². The van der Waals surface area contributed by atoms with Crippen LogP contribution < -0.4 is 16.2 Å². The number of rotatable bonds is 6. The molecule has 1 saturated carbocycles. The van der Waals surface area contributed by atoms with Crippen LogP contribution in [0.5, 0.6) is 5.75 Å². The van der Waals surface area contributed by atoms with Crippen LogP contribution in [0.1, 0.15) is 24.4 Å². The number of nitrogens with two attached hydrogens (primary N) is 1. The topological polar surface area (TPSA) is 62.2 Å². The van der Waals surface area contributed by atoms with Crippen molar-refractivity contribution < 1.29 is 4.74 Å². The van der Waals surface area contributed by atoms with Crippen molar-refractivity contribution in [3.63, 3.8) is 0 Å². The van der Waals surface area contributed by atoms with Gasteiger partial charge in [0.25, 0.3) is 0 Å². The molecule has 1 aromatic heterocycles. The first kappa shape index (κ1) is 13.0. The Labute approximate surface area is 117 Å². The Balaban J connectivity index is 1.58. The quantitative estimate of drug-likeness (QED) is 0.868. The van der Waals surface area contributed by atoms with Crippen molar-refractivity contribution in [2.24, 2.45) is 5.73 Å². The fourth-order valence-corrected chi connectivity index (χ4v) is 2.25. The Hall–Kier alpha value is -2.01. The highest BCUT2D eigenvalue weighted by Gasteiger charge is 2.25. The molecule has 0 saturated heterocycles. The van der Waals surface area contributed by atoms with E-state index >= 15 is 0 Å². The molecule has 0 spiro atoms. The third-order valence-corrected chi connectivity index (χ3v) is 3.55. The Bertz CT molecular complexity index is 641. The average Bonchev–Trinajstić information content (AvgIpc) is 3.25. The van der Waals surface area contributed by atoms with Gasteiger partial charge in [0.15, 0.2) is 0 Å². The maximum absolute atomic E-state index is 12.0. The molecular formula is C15H19N3O2. The van der Waals surface area contributed by atoms with Crippen LogP contribution >= 0.6 is 0 Å². The molecule has 2 aromatic rings. The Morgan fingerprint density at radius 2 is 2.15 bits per heavy atom. The van der Waals surface area contributed by atoms with Gasteiger partial charge in [-0.1, -0.05) is 12.1 Å². The van der Waals surface area contributed by atoms with Crippen molar-refractivity contribution in [1.29, 1.82) is 0 Å². The molecule has 0 amide bonds. The summed E-state index contributed by atoms with van der Waals surface area (Å²) in [5.41, 5.74) is 6.69. The maximum atomic E-state index is 12.0. The Morgan fingerprint density at radius 1 is 1.30 bits per heavy atom. The highest BCUT2D eigenvalue weighted by molar-refractivity contribution is 5.28. The van der Waals surface area contributed by atoms with Crippen LogP contribution in [0.25, 0.3) is 0 Å². The minimum absolute atomic E-state index is 0.0619. The second-order valence-electron chi connectivity index (χ2n) is 5.11. The third-order valence-electron chi connectivity index (χ3n) is 3.55. The summed E-state index contributed by atoms with van der Waals surface area (Å²) in [6, 6.07) is 8.14. The van der Waals surface area contributed by atoms with E-state index in [1.165, 1.54) is 0 Å². The van der Waals surface area contributed by atoms with E-state index in [0.29, 0.717) is 25.7 Å². The van der Waals surface area contributed by atoms with E-state index in [1.807, 2.05) is 41.2 Å². The first-order valence-electron chi connectivity index (χ1n) is 6.97. The predicted molar refractivity (Wildman–Crippen MR) is 76.8 cm³/mol. The summed E-state index contributed by atoms with van der Waals surface area (Å²) in [5.74, 6) is 0.794. The molecule has 20 heavy (non-hydrogen) atoms. The molecule has 1 aromatic carbocycles. The van der Waals surface area contributed by atoms with Gasteiger partial charge in [-0.25, -0.2) is 4.79 Å². The third kappa shape index (κ3) is 2.77. The maximum Gasteiger partial charge on any atom is 0.328 e. The molecule has 2 N–H and O–H groups in total. The minimum Gasteiger partial charge on any atom is -0.492 e. The van der Waals surface area contributed by atoms with Gasteiger partial charge in [-0.3, -0.25) is 9.13 Å². The summed E-state index contributed by atoms with van der Waals surface area (Å²) in [6.45, 7) is 1.54. The number of benzene rings is 1. The average molecular weight is 273 g/mol. The number of hydrogen-bond donors (Lipinski definition) is 1. The van der Waals surface area contributed by atoms with Crippen molar-refractivity contribution in [3.05, 3.63) is 52.7 Å². The van der Waals surface area contributed by atoms with E-state index in [4.69, 9.17) is 10.5 Å². The molecule has 1 heterocycles. The van der Waals surface area contributed by atoms with Gasteiger partial charge >= 0.3 is 5.69 Å². The second-order valence-corrected chi connectivity index (χ2v) is 5.11. The molecule has 106 valence electrons. The fraction of sp³-hybridized carbons (Fsp3) is 0.400. The van der Waals surface area contributed by atoms with Gasteiger partial charge in [-0.15, -0.1) is 0 Å². The number of imidazole rings is 1. The van der Waals surface area contributed by atoms with Crippen molar-refractivity contribution in [1.82, 2.24) is 9.13 Å². The summed E-state index contributed by atoms with van der Waals surface area (Å²) in [7, 11) is 0. The van der Waals surface area contributed by atoms with Crippen molar-refractivity contribution in [2.45, 2.75) is 32.0 Å². The lowest BCUT2D eigenvalue weighted by molar-refractivity contribution is 0.295. The van der Waals surface area contributed by atoms with Crippen LogP contribution in [0.4, 0.5) is 0 Å². The van der Waals surface area contributed by atoms with E-state index < -0.39 is 0 Å². The molecule has 5 heteroatoms. The molecule has 3 rings (SSSR count). The summed E-state index contributed by atoms with van der Waals surface area (Å²) >= 11 is 0. The van der Waals surface area contributed by atoms with Crippen molar-refractivity contribution in [3.8, 4) is 5.75 Å². The molecule has 0 unspecified atom stereocenters. The minimum atomic E-state index is 0.0619. The first-order chi connectivity index (χ1) is 9.78. The Morgan fingerprint density at radius 3 is 2.90 bits per heavy atom. The van der Waals surface area contributed by atoms with E-state index in [0.717, 1.165) is 24.2 Å². The molecule has 0 bridgehead atoms. The molecule has 1 fully saturated rings. The van der Waals surface area contributed by atoms with Gasteiger partial charge in [0.2, 0.25) is 0 Å². The molecule has 1 aliphatic carbocycles. The molecular weight excluding hydrogens is 254 g/mol. The predicted octanol–water partition coefficient (Wildman–Crippen LogP) is 1.52. The van der Waals surface area contributed by atoms with Crippen LogP contribution in [0.3, 0.4) is 0 Å². The smallest absolute Gasteiger partial charge is 0.328 e. The van der Waals surface area contributed by atoms with Gasteiger partial charge in [0, 0.05) is 25.0 Å². The van der Waals surface area contributed by atoms with Crippen LogP contribution in [-0.4, -0.2) is 15.7 Å². The summed E-state index contributed by atoms with van der Waals surface area (Å²) in [6.07, 6.45) is 5.94. The highest BCUT2D eigenvalue weighted by atomic mass is 16.5. The number of ether oxygens (including phenoxy) is 1. The van der Waals surface area contributed by atoms with E-state index in [-0.39, 0.29) is 5.69 Å². The van der Waals surface area contributed by atoms with Gasteiger partial charge < -0.3 is 10.5 Å².